The first-order valence-electron chi connectivity index (χ1n) is 4.59. The number of halogens is 2. The van der Waals surface area contributed by atoms with Crippen LogP contribution in [0.4, 0.5) is 4.39 Å². The zero-order valence-electron chi connectivity index (χ0n) is 7.63. The van der Waals surface area contributed by atoms with Gasteiger partial charge in [-0.2, -0.15) is 0 Å². The molecule has 2 rings (SSSR count). The zero-order chi connectivity index (χ0) is 10.1. The quantitative estimate of drug-likeness (QED) is 0.804. The predicted molar refractivity (Wildman–Crippen MR) is 57.7 cm³/mol. The van der Waals surface area contributed by atoms with Crippen LogP contribution >= 0.6 is 15.9 Å². The summed E-state index contributed by atoms with van der Waals surface area (Å²) in [7, 11) is 0. The maximum Gasteiger partial charge on any atom is 0.126 e. The van der Waals surface area contributed by atoms with Crippen molar-refractivity contribution in [2.24, 2.45) is 5.73 Å². The molecule has 1 aromatic carbocycles. The second-order valence-corrected chi connectivity index (χ2v) is 4.51. The molecule has 1 heterocycles. The Hall–Kier alpha value is -0.450. The van der Waals surface area contributed by atoms with E-state index in [1.165, 1.54) is 6.07 Å². The van der Waals surface area contributed by atoms with E-state index in [1.807, 2.05) is 6.07 Å². The molecule has 2 atom stereocenters. The summed E-state index contributed by atoms with van der Waals surface area (Å²) >= 11 is 3.34. The standard InChI is InChI=1S/C10H12BrFN2/c11-6-1-2-9(12)7(3-6)8-4-14-5-10(8)13/h1-3,8,10,14H,4-5,13H2. The predicted octanol–water partition coefficient (Wildman–Crippen LogP) is 1.60. The van der Waals surface area contributed by atoms with Gasteiger partial charge in [0.25, 0.3) is 0 Å². The summed E-state index contributed by atoms with van der Waals surface area (Å²) in [4.78, 5) is 0. The summed E-state index contributed by atoms with van der Waals surface area (Å²) < 4.78 is 14.4. The Morgan fingerprint density at radius 2 is 2.21 bits per heavy atom. The monoisotopic (exact) mass is 258 g/mol. The van der Waals surface area contributed by atoms with Gasteiger partial charge < -0.3 is 11.1 Å². The minimum Gasteiger partial charge on any atom is -0.326 e. The molecular weight excluding hydrogens is 247 g/mol. The van der Waals surface area contributed by atoms with Crippen LogP contribution in [0.25, 0.3) is 0 Å². The van der Waals surface area contributed by atoms with Crippen LogP contribution < -0.4 is 11.1 Å². The largest absolute Gasteiger partial charge is 0.326 e. The van der Waals surface area contributed by atoms with Crippen LogP contribution in [0.1, 0.15) is 11.5 Å². The molecule has 0 saturated carbocycles. The van der Waals surface area contributed by atoms with E-state index in [9.17, 15) is 4.39 Å². The number of rotatable bonds is 1. The van der Waals surface area contributed by atoms with Crippen LogP contribution in [0.2, 0.25) is 0 Å². The van der Waals surface area contributed by atoms with E-state index in [0.29, 0.717) is 5.56 Å². The van der Waals surface area contributed by atoms with Gasteiger partial charge in [0.15, 0.2) is 0 Å². The molecule has 14 heavy (non-hydrogen) atoms. The molecule has 4 heteroatoms. The van der Waals surface area contributed by atoms with Gasteiger partial charge in [-0.1, -0.05) is 15.9 Å². The van der Waals surface area contributed by atoms with Crippen molar-refractivity contribution in [3.63, 3.8) is 0 Å². The number of nitrogens with two attached hydrogens (primary N) is 1. The van der Waals surface area contributed by atoms with Gasteiger partial charge in [-0.25, -0.2) is 4.39 Å². The molecule has 0 aliphatic carbocycles. The fraction of sp³-hybridized carbons (Fsp3) is 0.400. The molecule has 3 N–H and O–H groups in total. The molecule has 1 fully saturated rings. The van der Waals surface area contributed by atoms with Crippen molar-refractivity contribution in [1.82, 2.24) is 5.32 Å². The van der Waals surface area contributed by atoms with E-state index < -0.39 is 0 Å². The molecular formula is C10H12BrFN2. The van der Waals surface area contributed by atoms with Crippen LogP contribution in [0, 0.1) is 5.82 Å². The summed E-state index contributed by atoms with van der Waals surface area (Å²) in [6.07, 6.45) is 0. The third kappa shape index (κ3) is 1.82. The first kappa shape index (κ1) is 10.1. The van der Waals surface area contributed by atoms with Crippen molar-refractivity contribution in [1.29, 1.82) is 0 Å². The fourth-order valence-corrected chi connectivity index (χ4v) is 2.22. The first-order valence-corrected chi connectivity index (χ1v) is 5.39. The Labute approximate surface area is 90.8 Å². The summed E-state index contributed by atoms with van der Waals surface area (Å²) in [6, 6.07) is 5.00. The smallest absolute Gasteiger partial charge is 0.126 e. The topological polar surface area (TPSA) is 38.0 Å². The van der Waals surface area contributed by atoms with Gasteiger partial charge in [-0.05, 0) is 23.8 Å². The molecule has 1 aromatic rings. The van der Waals surface area contributed by atoms with Crippen molar-refractivity contribution < 1.29 is 4.39 Å². The van der Waals surface area contributed by atoms with Crippen LogP contribution in [0.5, 0.6) is 0 Å². The highest BCUT2D eigenvalue weighted by Crippen LogP contribution is 2.26. The normalized spacial score (nSPS) is 26.8. The lowest BCUT2D eigenvalue weighted by molar-refractivity contribution is 0.566. The molecule has 2 nitrogen and oxygen atoms in total. The summed E-state index contributed by atoms with van der Waals surface area (Å²) in [6.45, 7) is 1.52. The van der Waals surface area contributed by atoms with Crippen LogP contribution in [-0.2, 0) is 0 Å². The summed E-state index contributed by atoms with van der Waals surface area (Å²) in [5.41, 5.74) is 6.59. The number of hydrogen-bond donors (Lipinski definition) is 2. The highest BCUT2D eigenvalue weighted by molar-refractivity contribution is 9.10. The van der Waals surface area contributed by atoms with E-state index in [1.54, 1.807) is 6.07 Å². The van der Waals surface area contributed by atoms with E-state index in [-0.39, 0.29) is 17.8 Å². The summed E-state index contributed by atoms with van der Waals surface area (Å²) in [5.74, 6) is -0.0788. The molecule has 0 aromatic heterocycles. The Balaban J connectivity index is 2.34. The van der Waals surface area contributed by atoms with Gasteiger partial charge in [0.05, 0.1) is 0 Å². The zero-order valence-corrected chi connectivity index (χ0v) is 9.22. The molecule has 1 saturated heterocycles. The summed E-state index contributed by atoms with van der Waals surface area (Å²) in [5, 5.41) is 3.16. The van der Waals surface area contributed by atoms with Crippen LogP contribution in [0.15, 0.2) is 22.7 Å². The SMILES string of the molecule is NC1CNCC1c1cc(Br)ccc1F. The van der Waals surface area contributed by atoms with Crippen molar-refractivity contribution in [2.45, 2.75) is 12.0 Å². The lowest BCUT2D eigenvalue weighted by Gasteiger charge is -2.15. The lowest BCUT2D eigenvalue weighted by Crippen LogP contribution is -2.28. The second kappa shape index (κ2) is 3.96. The third-order valence-electron chi connectivity index (χ3n) is 2.62. The molecule has 0 bridgehead atoms. The Kier molecular flexibility index (Phi) is 2.85. The van der Waals surface area contributed by atoms with Gasteiger partial charge in [-0.3, -0.25) is 0 Å². The molecule has 76 valence electrons. The Bertz CT molecular complexity index is 343. The van der Waals surface area contributed by atoms with Crippen molar-refractivity contribution >= 4 is 15.9 Å². The second-order valence-electron chi connectivity index (χ2n) is 3.59. The van der Waals surface area contributed by atoms with Crippen molar-refractivity contribution in [3.8, 4) is 0 Å². The van der Waals surface area contributed by atoms with Crippen LogP contribution in [0.3, 0.4) is 0 Å². The Morgan fingerprint density at radius 1 is 1.43 bits per heavy atom. The Morgan fingerprint density at radius 3 is 2.86 bits per heavy atom. The molecule has 1 aliphatic heterocycles. The van der Waals surface area contributed by atoms with Gasteiger partial charge in [0.2, 0.25) is 0 Å². The van der Waals surface area contributed by atoms with Gasteiger partial charge in [0, 0.05) is 29.5 Å². The van der Waals surface area contributed by atoms with Gasteiger partial charge in [0.1, 0.15) is 5.82 Å². The minimum absolute atomic E-state index is 0.0128. The fourth-order valence-electron chi connectivity index (χ4n) is 1.84. The first-order chi connectivity index (χ1) is 6.68. The highest BCUT2D eigenvalue weighted by Gasteiger charge is 2.27. The lowest BCUT2D eigenvalue weighted by atomic mass is 9.94. The molecule has 0 radical (unpaired) electrons. The van der Waals surface area contributed by atoms with E-state index in [2.05, 4.69) is 21.2 Å². The third-order valence-corrected chi connectivity index (χ3v) is 3.11. The molecule has 1 aliphatic rings. The van der Waals surface area contributed by atoms with E-state index >= 15 is 0 Å². The number of nitrogens with one attached hydrogen (secondary N) is 1. The van der Waals surface area contributed by atoms with Crippen LogP contribution in [-0.4, -0.2) is 19.1 Å². The van der Waals surface area contributed by atoms with E-state index in [0.717, 1.165) is 17.6 Å². The number of benzene rings is 1. The maximum absolute atomic E-state index is 13.5. The molecule has 2 unspecified atom stereocenters. The van der Waals surface area contributed by atoms with Crippen molar-refractivity contribution in [3.05, 3.63) is 34.1 Å². The van der Waals surface area contributed by atoms with Gasteiger partial charge in [-0.15, -0.1) is 0 Å². The molecule has 0 amide bonds. The number of hydrogen-bond acceptors (Lipinski definition) is 2. The van der Waals surface area contributed by atoms with E-state index in [4.69, 9.17) is 5.73 Å². The minimum atomic E-state index is -0.169. The van der Waals surface area contributed by atoms with Gasteiger partial charge >= 0.3 is 0 Å². The highest BCUT2D eigenvalue weighted by atomic mass is 79.9. The molecule has 0 spiro atoms. The average Bonchev–Trinajstić information content (AvgIpc) is 2.56. The van der Waals surface area contributed by atoms with Crippen molar-refractivity contribution in [2.75, 3.05) is 13.1 Å². The average molecular weight is 259 g/mol. The maximum atomic E-state index is 13.5.